The van der Waals surface area contributed by atoms with Crippen molar-refractivity contribution in [3.05, 3.63) is 57.0 Å². The van der Waals surface area contributed by atoms with Crippen molar-refractivity contribution in [3.8, 4) is 17.1 Å². The lowest BCUT2D eigenvalue weighted by Gasteiger charge is -2.11. The van der Waals surface area contributed by atoms with E-state index >= 15 is 0 Å². The van der Waals surface area contributed by atoms with Crippen molar-refractivity contribution in [3.63, 3.8) is 0 Å². The molecule has 0 unspecified atom stereocenters. The van der Waals surface area contributed by atoms with Crippen LogP contribution in [0.15, 0.2) is 36.4 Å². The molecule has 0 bridgehead atoms. The van der Waals surface area contributed by atoms with Crippen molar-refractivity contribution >= 4 is 34.8 Å². The molecule has 0 saturated carbocycles. The fraction of sp³-hybridized carbons (Fsp3) is 0.133. The number of aromatic nitrogens is 4. The molecule has 5 nitrogen and oxygen atoms in total. The van der Waals surface area contributed by atoms with Crippen LogP contribution in [0.1, 0.15) is 5.56 Å². The smallest absolute Gasteiger partial charge is 0.183 e. The quantitative estimate of drug-likeness (QED) is 0.686. The van der Waals surface area contributed by atoms with Gasteiger partial charge in [0.05, 0.1) is 23.7 Å². The molecular formula is C15H11Cl3N4O. The van der Waals surface area contributed by atoms with E-state index in [1.807, 2.05) is 12.1 Å². The van der Waals surface area contributed by atoms with E-state index in [9.17, 15) is 0 Å². The highest BCUT2D eigenvalue weighted by Gasteiger charge is 2.16. The summed E-state index contributed by atoms with van der Waals surface area (Å²) in [6.07, 6.45) is 0. The van der Waals surface area contributed by atoms with Crippen LogP contribution in [0.3, 0.4) is 0 Å². The Morgan fingerprint density at radius 3 is 2.74 bits per heavy atom. The van der Waals surface area contributed by atoms with Crippen LogP contribution in [-0.2, 0) is 6.54 Å². The van der Waals surface area contributed by atoms with Gasteiger partial charge >= 0.3 is 0 Å². The Labute approximate surface area is 147 Å². The fourth-order valence-electron chi connectivity index (χ4n) is 2.21. The molecule has 8 heteroatoms. The van der Waals surface area contributed by atoms with Crippen LogP contribution in [0.4, 0.5) is 0 Å². The molecule has 0 aliphatic rings. The molecule has 0 amide bonds. The molecule has 3 aromatic rings. The van der Waals surface area contributed by atoms with Gasteiger partial charge in [0.25, 0.3) is 0 Å². The van der Waals surface area contributed by atoms with Crippen LogP contribution < -0.4 is 4.74 Å². The molecule has 0 atom stereocenters. The predicted molar refractivity (Wildman–Crippen MR) is 90.4 cm³/mol. The first-order chi connectivity index (χ1) is 11.1. The van der Waals surface area contributed by atoms with E-state index in [0.717, 1.165) is 5.56 Å². The normalized spacial score (nSPS) is 10.8. The maximum atomic E-state index is 6.26. The second kappa shape index (κ2) is 6.74. The van der Waals surface area contributed by atoms with Gasteiger partial charge in [-0.2, -0.15) is 0 Å². The van der Waals surface area contributed by atoms with Crippen molar-refractivity contribution < 1.29 is 4.74 Å². The summed E-state index contributed by atoms with van der Waals surface area (Å²) in [6, 6.07) is 10.7. The first-order valence-electron chi connectivity index (χ1n) is 6.63. The van der Waals surface area contributed by atoms with E-state index in [2.05, 4.69) is 15.5 Å². The van der Waals surface area contributed by atoms with Gasteiger partial charge in [-0.25, -0.2) is 4.68 Å². The minimum Gasteiger partial charge on any atom is -0.496 e. The van der Waals surface area contributed by atoms with Gasteiger partial charge in [0.1, 0.15) is 5.75 Å². The number of rotatable bonds is 4. The van der Waals surface area contributed by atoms with Gasteiger partial charge in [0.15, 0.2) is 5.82 Å². The molecule has 1 aromatic heterocycles. The molecular weight excluding hydrogens is 359 g/mol. The highest BCUT2D eigenvalue weighted by atomic mass is 35.5. The standard InChI is InChI=1S/C15H11Cl3N4O/c1-23-13-6-5-10(16)7-9(13)8-22-15(19-20-21-22)11-3-2-4-12(17)14(11)18/h2-7H,8H2,1H3. The number of methoxy groups -OCH3 is 1. The third kappa shape index (κ3) is 3.27. The second-order valence-corrected chi connectivity index (χ2v) is 5.94. The largest absolute Gasteiger partial charge is 0.496 e. The second-order valence-electron chi connectivity index (χ2n) is 4.72. The molecule has 0 saturated heterocycles. The lowest BCUT2D eigenvalue weighted by Crippen LogP contribution is -2.06. The first kappa shape index (κ1) is 16.1. The van der Waals surface area contributed by atoms with Crippen LogP contribution >= 0.6 is 34.8 Å². The van der Waals surface area contributed by atoms with Gasteiger partial charge in [0.2, 0.25) is 0 Å². The van der Waals surface area contributed by atoms with Gasteiger partial charge in [-0.05, 0) is 40.8 Å². The zero-order chi connectivity index (χ0) is 16.4. The predicted octanol–water partition coefficient (Wildman–Crippen LogP) is 4.36. The summed E-state index contributed by atoms with van der Waals surface area (Å²) >= 11 is 18.4. The third-order valence-corrected chi connectivity index (χ3v) is 4.34. The number of nitrogens with zero attached hydrogens (tertiary/aromatic N) is 4. The maximum Gasteiger partial charge on any atom is 0.183 e. The molecule has 23 heavy (non-hydrogen) atoms. The molecule has 0 N–H and O–H groups in total. The zero-order valence-corrected chi connectivity index (χ0v) is 14.3. The summed E-state index contributed by atoms with van der Waals surface area (Å²) in [5.74, 6) is 1.22. The van der Waals surface area contributed by atoms with Gasteiger partial charge in [0, 0.05) is 16.1 Å². The number of benzene rings is 2. The Bertz CT molecular complexity index is 850. The number of tetrazole rings is 1. The van der Waals surface area contributed by atoms with E-state index < -0.39 is 0 Å². The first-order valence-corrected chi connectivity index (χ1v) is 7.76. The molecule has 0 fully saturated rings. The van der Waals surface area contributed by atoms with Crippen LogP contribution in [0, 0.1) is 0 Å². The van der Waals surface area contributed by atoms with E-state index in [4.69, 9.17) is 39.5 Å². The van der Waals surface area contributed by atoms with Crippen LogP contribution in [0.2, 0.25) is 15.1 Å². The zero-order valence-electron chi connectivity index (χ0n) is 12.0. The van der Waals surface area contributed by atoms with Crippen molar-refractivity contribution in [2.45, 2.75) is 6.54 Å². The van der Waals surface area contributed by atoms with Crippen molar-refractivity contribution in [1.29, 1.82) is 0 Å². The van der Waals surface area contributed by atoms with Gasteiger partial charge in [-0.3, -0.25) is 0 Å². The van der Waals surface area contributed by atoms with Crippen molar-refractivity contribution in [2.24, 2.45) is 0 Å². The average Bonchev–Trinajstić information content (AvgIpc) is 2.98. The fourth-order valence-corrected chi connectivity index (χ4v) is 2.79. The Balaban J connectivity index is 2.03. The van der Waals surface area contributed by atoms with Gasteiger partial charge in [-0.1, -0.05) is 40.9 Å². The molecule has 2 aromatic carbocycles. The number of hydrogen-bond acceptors (Lipinski definition) is 4. The molecule has 0 spiro atoms. The summed E-state index contributed by atoms with van der Waals surface area (Å²) in [5.41, 5.74) is 1.51. The van der Waals surface area contributed by atoms with Crippen molar-refractivity contribution in [2.75, 3.05) is 7.11 Å². The van der Waals surface area contributed by atoms with Gasteiger partial charge < -0.3 is 4.74 Å². The number of halogens is 3. The topological polar surface area (TPSA) is 52.8 Å². The summed E-state index contributed by atoms with van der Waals surface area (Å²) in [7, 11) is 1.60. The molecule has 1 heterocycles. The summed E-state index contributed by atoms with van der Waals surface area (Å²) < 4.78 is 6.97. The summed E-state index contributed by atoms with van der Waals surface area (Å²) in [4.78, 5) is 0. The highest BCUT2D eigenvalue weighted by molar-refractivity contribution is 6.43. The maximum absolute atomic E-state index is 6.26. The Morgan fingerprint density at radius 2 is 1.96 bits per heavy atom. The van der Waals surface area contributed by atoms with E-state index in [-0.39, 0.29) is 0 Å². The molecule has 0 aliphatic heterocycles. The number of ether oxygens (including phenoxy) is 1. The lowest BCUT2D eigenvalue weighted by molar-refractivity contribution is 0.407. The monoisotopic (exact) mass is 368 g/mol. The lowest BCUT2D eigenvalue weighted by atomic mass is 10.2. The molecule has 118 valence electrons. The Kier molecular flexibility index (Phi) is 4.71. The Morgan fingerprint density at radius 1 is 1.13 bits per heavy atom. The molecule has 3 rings (SSSR count). The summed E-state index contributed by atoms with van der Waals surface area (Å²) in [5, 5.41) is 13.3. The SMILES string of the molecule is COc1ccc(Cl)cc1Cn1nnnc1-c1cccc(Cl)c1Cl. The Hall–Kier alpha value is -1.82. The van der Waals surface area contributed by atoms with Gasteiger partial charge in [-0.15, -0.1) is 5.10 Å². The van der Waals surface area contributed by atoms with Crippen molar-refractivity contribution in [1.82, 2.24) is 20.2 Å². The average molecular weight is 370 g/mol. The van der Waals surface area contributed by atoms with E-state index in [0.29, 0.717) is 38.8 Å². The van der Waals surface area contributed by atoms with Crippen LogP contribution in [0.5, 0.6) is 5.75 Å². The minimum absolute atomic E-state index is 0.384. The molecule has 0 aliphatic carbocycles. The van der Waals surface area contributed by atoms with E-state index in [1.165, 1.54) is 0 Å². The summed E-state index contributed by atoms with van der Waals surface area (Å²) in [6.45, 7) is 0.384. The molecule has 0 radical (unpaired) electrons. The third-order valence-electron chi connectivity index (χ3n) is 3.29. The van der Waals surface area contributed by atoms with Crippen LogP contribution in [-0.4, -0.2) is 27.3 Å². The van der Waals surface area contributed by atoms with Crippen LogP contribution in [0.25, 0.3) is 11.4 Å². The minimum atomic E-state index is 0.384. The highest BCUT2D eigenvalue weighted by Crippen LogP contribution is 2.32. The number of hydrogen-bond donors (Lipinski definition) is 0. The van der Waals surface area contributed by atoms with E-state index in [1.54, 1.807) is 36.1 Å².